The highest BCUT2D eigenvalue weighted by Crippen LogP contribution is 2.24. The van der Waals surface area contributed by atoms with E-state index >= 15 is 0 Å². The summed E-state index contributed by atoms with van der Waals surface area (Å²) in [6.07, 6.45) is 2.48. The summed E-state index contributed by atoms with van der Waals surface area (Å²) in [5.41, 5.74) is 3.09. The van der Waals surface area contributed by atoms with Crippen LogP contribution in [0.15, 0.2) is 54.6 Å². The van der Waals surface area contributed by atoms with E-state index < -0.39 is 6.04 Å². The standard InChI is InChI=1S/C27H35NO5/c1-4-33-27(31)20(2)18-19-28-26(24(29)12-8-9-13-25(30)32-3)23-16-14-22(15-17-23)21-10-6-5-7-11-21/h5-7,10-11,14-17,20,26,28H,4,8-9,12-13,18-19H2,1-3H3/t20-,26?/m1/s1. The largest absolute Gasteiger partial charge is 0.469 e. The fourth-order valence-corrected chi connectivity index (χ4v) is 3.58. The van der Waals surface area contributed by atoms with E-state index in [9.17, 15) is 14.4 Å². The molecule has 6 heteroatoms. The van der Waals surface area contributed by atoms with E-state index in [2.05, 4.69) is 10.1 Å². The van der Waals surface area contributed by atoms with Gasteiger partial charge in [0.05, 0.1) is 25.7 Å². The Hall–Kier alpha value is -2.99. The fraction of sp³-hybridized carbons (Fsp3) is 0.444. The average molecular weight is 454 g/mol. The van der Waals surface area contributed by atoms with Gasteiger partial charge < -0.3 is 14.8 Å². The zero-order valence-electron chi connectivity index (χ0n) is 19.8. The van der Waals surface area contributed by atoms with E-state index in [1.54, 1.807) is 6.92 Å². The normalized spacial score (nSPS) is 12.6. The second-order valence-electron chi connectivity index (χ2n) is 8.07. The van der Waals surface area contributed by atoms with Crippen molar-refractivity contribution < 1.29 is 23.9 Å². The van der Waals surface area contributed by atoms with Crippen LogP contribution in [0.4, 0.5) is 0 Å². The van der Waals surface area contributed by atoms with Gasteiger partial charge >= 0.3 is 11.9 Å². The number of benzene rings is 2. The van der Waals surface area contributed by atoms with E-state index in [1.165, 1.54) is 7.11 Å². The van der Waals surface area contributed by atoms with Crippen LogP contribution < -0.4 is 5.32 Å². The molecule has 0 aliphatic rings. The highest BCUT2D eigenvalue weighted by Gasteiger charge is 2.21. The third kappa shape index (κ3) is 8.81. The number of esters is 2. The van der Waals surface area contributed by atoms with Crippen LogP contribution in [0.25, 0.3) is 11.1 Å². The number of hydrogen-bond acceptors (Lipinski definition) is 6. The molecule has 1 N–H and O–H groups in total. The fourth-order valence-electron chi connectivity index (χ4n) is 3.58. The first-order chi connectivity index (χ1) is 16.0. The molecule has 1 unspecified atom stereocenters. The first-order valence-electron chi connectivity index (χ1n) is 11.6. The number of ketones is 1. The van der Waals surface area contributed by atoms with Crippen molar-refractivity contribution in [1.82, 2.24) is 5.32 Å². The molecule has 0 aliphatic carbocycles. The summed E-state index contributed by atoms with van der Waals surface area (Å²) < 4.78 is 9.73. The maximum Gasteiger partial charge on any atom is 0.308 e. The smallest absolute Gasteiger partial charge is 0.308 e. The van der Waals surface area contributed by atoms with Crippen molar-refractivity contribution >= 4 is 17.7 Å². The van der Waals surface area contributed by atoms with Crippen molar-refractivity contribution in [2.75, 3.05) is 20.3 Å². The molecule has 0 radical (unpaired) electrons. The molecule has 0 amide bonds. The summed E-state index contributed by atoms with van der Waals surface area (Å²) >= 11 is 0. The van der Waals surface area contributed by atoms with Crippen LogP contribution in [0, 0.1) is 5.92 Å². The summed E-state index contributed by atoms with van der Waals surface area (Å²) in [5, 5.41) is 3.33. The molecule has 6 nitrogen and oxygen atoms in total. The zero-order chi connectivity index (χ0) is 24.1. The van der Waals surface area contributed by atoms with Gasteiger partial charge in [0.25, 0.3) is 0 Å². The molecule has 0 aromatic heterocycles. The number of methoxy groups -OCH3 is 1. The summed E-state index contributed by atoms with van der Waals surface area (Å²) in [7, 11) is 1.36. The summed E-state index contributed by atoms with van der Waals surface area (Å²) in [6, 6.07) is 17.6. The highest BCUT2D eigenvalue weighted by molar-refractivity contribution is 5.85. The molecule has 2 atom stereocenters. The van der Waals surface area contributed by atoms with E-state index in [4.69, 9.17) is 4.74 Å². The minimum absolute atomic E-state index is 0.0658. The maximum absolute atomic E-state index is 13.1. The number of ether oxygens (including phenoxy) is 2. The van der Waals surface area contributed by atoms with Crippen LogP contribution in [-0.2, 0) is 23.9 Å². The van der Waals surface area contributed by atoms with Crippen LogP contribution >= 0.6 is 0 Å². The number of unbranched alkanes of at least 4 members (excludes halogenated alkanes) is 1. The van der Waals surface area contributed by atoms with E-state index in [-0.39, 0.29) is 23.6 Å². The molecule has 0 bridgehead atoms. The Bertz CT molecular complexity index is 879. The van der Waals surface area contributed by atoms with Crippen molar-refractivity contribution in [3.05, 3.63) is 60.2 Å². The van der Waals surface area contributed by atoms with E-state index in [0.29, 0.717) is 45.3 Å². The lowest BCUT2D eigenvalue weighted by molar-refractivity contribution is -0.147. The molecular formula is C27H35NO5. The third-order valence-corrected chi connectivity index (χ3v) is 5.57. The number of Topliss-reactive ketones (excluding diaryl/α,β-unsaturated/α-hetero) is 1. The van der Waals surface area contributed by atoms with E-state index in [0.717, 1.165) is 16.7 Å². The summed E-state index contributed by atoms with van der Waals surface area (Å²) in [4.78, 5) is 36.3. The van der Waals surface area contributed by atoms with Crippen molar-refractivity contribution in [2.45, 2.75) is 52.0 Å². The number of carbonyl (C=O) groups excluding carboxylic acids is 3. The lowest BCUT2D eigenvalue weighted by Gasteiger charge is -2.20. The van der Waals surface area contributed by atoms with Crippen LogP contribution in [0.5, 0.6) is 0 Å². The van der Waals surface area contributed by atoms with Crippen LogP contribution in [0.3, 0.4) is 0 Å². The van der Waals surface area contributed by atoms with Gasteiger partial charge in [-0.2, -0.15) is 0 Å². The SMILES string of the molecule is CCOC(=O)[C@H](C)CCNC(C(=O)CCCCC(=O)OC)c1ccc(-c2ccccc2)cc1. The first-order valence-corrected chi connectivity index (χ1v) is 11.6. The minimum atomic E-state index is -0.470. The molecule has 2 rings (SSSR count). The zero-order valence-corrected chi connectivity index (χ0v) is 19.8. The second-order valence-corrected chi connectivity index (χ2v) is 8.07. The van der Waals surface area contributed by atoms with Crippen LogP contribution in [-0.4, -0.2) is 38.0 Å². The van der Waals surface area contributed by atoms with Crippen LogP contribution in [0.1, 0.15) is 57.6 Å². The molecule has 0 spiro atoms. The van der Waals surface area contributed by atoms with Gasteiger partial charge in [0.1, 0.15) is 0 Å². The number of carbonyl (C=O) groups is 3. The van der Waals surface area contributed by atoms with Gasteiger partial charge in [-0.25, -0.2) is 0 Å². The Kier molecular flexibility index (Phi) is 11.3. The lowest BCUT2D eigenvalue weighted by atomic mass is 9.95. The third-order valence-electron chi connectivity index (χ3n) is 5.57. The Morgan fingerprint density at radius 1 is 0.909 bits per heavy atom. The molecule has 0 heterocycles. The molecule has 2 aromatic carbocycles. The molecular weight excluding hydrogens is 418 g/mol. The van der Waals surface area contributed by atoms with Crippen molar-refractivity contribution in [3.8, 4) is 11.1 Å². The monoisotopic (exact) mass is 453 g/mol. The topological polar surface area (TPSA) is 81.7 Å². The minimum Gasteiger partial charge on any atom is -0.469 e. The Morgan fingerprint density at radius 2 is 1.55 bits per heavy atom. The Balaban J connectivity index is 2.05. The van der Waals surface area contributed by atoms with Crippen molar-refractivity contribution in [2.24, 2.45) is 5.92 Å². The van der Waals surface area contributed by atoms with Crippen LogP contribution in [0.2, 0.25) is 0 Å². The van der Waals surface area contributed by atoms with Gasteiger partial charge in [-0.05, 0) is 49.4 Å². The maximum atomic E-state index is 13.1. The first kappa shape index (κ1) is 26.3. The van der Waals surface area contributed by atoms with Gasteiger partial charge in [0.2, 0.25) is 0 Å². The van der Waals surface area contributed by atoms with Gasteiger partial charge in [-0.1, -0.05) is 61.5 Å². The Labute approximate surface area is 196 Å². The van der Waals surface area contributed by atoms with Crippen molar-refractivity contribution in [3.63, 3.8) is 0 Å². The predicted molar refractivity (Wildman–Crippen MR) is 129 cm³/mol. The van der Waals surface area contributed by atoms with Crippen molar-refractivity contribution in [1.29, 1.82) is 0 Å². The molecule has 0 saturated heterocycles. The molecule has 178 valence electrons. The van der Waals surface area contributed by atoms with Gasteiger partial charge in [-0.15, -0.1) is 0 Å². The summed E-state index contributed by atoms with van der Waals surface area (Å²) in [6.45, 7) is 4.49. The quantitative estimate of drug-likeness (QED) is 0.324. The molecule has 0 aliphatic heterocycles. The van der Waals surface area contributed by atoms with E-state index in [1.807, 2.05) is 61.5 Å². The number of nitrogens with one attached hydrogen (secondary N) is 1. The van der Waals surface area contributed by atoms with Gasteiger partial charge in [-0.3, -0.25) is 14.4 Å². The number of rotatable bonds is 14. The molecule has 2 aromatic rings. The number of hydrogen-bond donors (Lipinski definition) is 1. The molecule has 33 heavy (non-hydrogen) atoms. The highest BCUT2D eigenvalue weighted by atomic mass is 16.5. The molecule has 0 fully saturated rings. The lowest BCUT2D eigenvalue weighted by Crippen LogP contribution is -2.31. The summed E-state index contributed by atoms with van der Waals surface area (Å²) in [5.74, 6) is -0.663. The second kappa shape index (κ2) is 14.2. The predicted octanol–water partition coefficient (Wildman–Crippen LogP) is 4.88. The van der Waals surface area contributed by atoms with Gasteiger partial charge in [0, 0.05) is 12.8 Å². The Morgan fingerprint density at radius 3 is 2.18 bits per heavy atom. The average Bonchev–Trinajstić information content (AvgIpc) is 2.85. The van der Waals surface area contributed by atoms with Gasteiger partial charge in [0.15, 0.2) is 5.78 Å². The molecule has 0 saturated carbocycles.